The normalized spacial score (nSPS) is 12.8. The summed E-state index contributed by atoms with van der Waals surface area (Å²) in [6.07, 6.45) is 0. The van der Waals surface area contributed by atoms with E-state index in [0.29, 0.717) is 11.4 Å². The van der Waals surface area contributed by atoms with Gasteiger partial charge in [-0.05, 0) is 60.5 Å². The van der Waals surface area contributed by atoms with Gasteiger partial charge in [-0.2, -0.15) is 0 Å². The number of rotatable bonds is 9. The van der Waals surface area contributed by atoms with E-state index in [1.807, 2.05) is 42.5 Å². The van der Waals surface area contributed by atoms with Crippen LogP contribution in [0.2, 0.25) is 0 Å². The summed E-state index contributed by atoms with van der Waals surface area (Å²) >= 11 is 0. The summed E-state index contributed by atoms with van der Waals surface area (Å²) in [5.41, 5.74) is 16.3. The molecule has 0 spiro atoms. The van der Waals surface area contributed by atoms with Crippen LogP contribution in [-0.4, -0.2) is 20.3 Å². The molecule has 6 heteroatoms. The Labute approximate surface area is 178 Å². The second kappa shape index (κ2) is 9.89. The Balaban J connectivity index is 1.78. The van der Waals surface area contributed by atoms with Crippen molar-refractivity contribution in [2.24, 2.45) is 0 Å². The molecule has 0 fully saturated rings. The number of ether oxygens (including phenoxy) is 2. The van der Waals surface area contributed by atoms with E-state index in [4.69, 9.17) is 20.9 Å². The highest BCUT2D eigenvalue weighted by molar-refractivity contribution is 5.69. The maximum atomic E-state index is 6.00. The van der Waals surface area contributed by atoms with Crippen molar-refractivity contribution in [1.29, 1.82) is 0 Å². The lowest BCUT2D eigenvalue weighted by molar-refractivity contribution is 0.414. The minimum Gasteiger partial charge on any atom is -0.497 e. The molecule has 0 radical (unpaired) electrons. The zero-order valence-electron chi connectivity index (χ0n) is 17.7. The van der Waals surface area contributed by atoms with Crippen LogP contribution in [-0.2, 0) is 6.54 Å². The Morgan fingerprint density at radius 2 is 1.40 bits per heavy atom. The van der Waals surface area contributed by atoms with E-state index >= 15 is 0 Å². The van der Waals surface area contributed by atoms with Crippen LogP contribution < -0.4 is 31.6 Å². The first-order valence-electron chi connectivity index (χ1n) is 9.92. The number of hydrogen-bond donors (Lipinski definition) is 4. The standard InChI is InChI=1S/C24H30N4O2/c1-16(27-15-17-4-9-20(29-2)10-5-17)24(18-6-11-21(30-3)12-7-18)28-19-8-13-22(25)23(26)14-19/h4-14,16,24,27-28H,15,25-26H2,1-3H3/t16-,24-/m1/s1. The second-order valence-electron chi connectivity index (χ2n) is 7.26. The molecular weight excluding hydrogens is 376 g/mol. The van der Waals surface area contributed by atoms with Crippen LogP contribution in [0.3, 0.4) is 0 Å². The zero-order chi connectivity index (χ0) is 21.5. The van der Waals surface area contributed by atoms with Crippen molar-refractivity contribution in [2.75, 3.05) is 31.0 Å². The average Bonchev–Trinajstić information content (AvgIpc) is 2.78. The van der Waals surface area contributed by atoms with Gasteiger partial charge in [0.15, 0.2) is 0 Å². The number of hydrogen-bond acceptors (Lipinski definition) is 6. The minimum absolute atomic E-state index is 0.0113. The summed E-state index contributed by atoms with van der Waals surface area (Å²) in [6.45, 7) is 2.90. The monoisotopic (exact) mass is 406 g/mol. The summed E-state index contributed by atoms with van der Waals surface area (Å²) in [4.78, 5) is 0. The van der Waals surface area contributed by atoms with E-state index in [1.165, 1.54) is 5.56 Å². The van der Waals surface area contributed by atoms with Gasteiger partial charge in [0.1, 0.15) is 11.5 Å². The Morgan fingerprint density at radius 1 is 0.800 bits per heavy atom. The molecule has 3 aromatic rings. The fraction of sp³-hybridized carbons (Fsp3) is 0.250. The van der Waals surface area contributed by atoms with Crippen molar-refractivity contribution in [2.45, 2.75) is 25.6 Å². The number of benzene rings is 3. The molecule has 0 amide bonds. The summed E-state index contributed by atoms with van der Waals surface area (Å²) in [5, 5.41) is 7.22. The third-order valence-electron chi connectivity index (χ3n) is 5.17. The van der Waals surface area contributed by atoms with Crippen LogP contribution in [0.4, 0.5) is 17.1 Å². The average molecular weight is 407 g/mol. The summed E-state index contributed by atoms with van der Waals surface area (Å²) in [7, 11) is 3.34. The van der Waals surface area contributed by atoms with Gasteiger partial charge in [-0.25, -0.2) is 0 Å². The van der Waals surface area contributed by atoms with Crippen molar-refractivity contribution in [3.63, 3.8) is 0 Å². The third-order valence-corrected chi connectivity index (χ3v) is 5.17. The number of nitrogen functional groups attached to an aromatic ring is 2. The third kappa shape index (κ3) is 5.36. The van der Waals surface area contributed by atoms with Gasteiger partial charge in [-0.3, -0.25) is 0 Å². The summed E-state index contributed by atoms with van der Waals surface area (Å²) < 4.78 is 10.5. The van der Waals surface area contributed by atoms with E-state index in [0.717, 1.165) is 29.3 Å². The maximum absolute atomic E-state index is 6.00. The highest BCUT2D eigenvalue weighted by atomic mass is 16.5. The Morgan fingerprint density at radius 3 is 1.97 bits per heavy atom. The van der Waals surface area contributed by atoms with Gasteiger partial charge >= 0.3 is 0 Å². The summed E-state index contributed by atoms with van der Waals surface area (Å²) in [6, 6.07) is 21.9. The minimum atomic E-state index is 0.0113. The molecule has 0 saturated heterocycles. The number of methoxy groups -OCH3 is 2. The lowest BCUT2D eigenvalue weighted by atomic mass is 9.99. The first-order chi connectivity index (χ1) is 14.5. The molecule has 158 valence electrons. The molecule has 3 aromatic carbocycles. The first-order valence-corrected chi connectivity index (χ1v) is 9.92. The Hall–Kier alpha value is -3.38. The van der Waals surface area contributed by atoms with E-state index in [9.17, 15) is 0 Å². The molecule has 0 aromatic heterocycles. The van der Waals surface area contributed by atoms with Crippen molar-refractivity contribution in [1.82, 2.24) is 5.32 Å². The number of nitrogens with one attached hydrogen (secondary N) is 2. The number of nitrogens with two attached hydrogens (primary N) is 2. The van der Waals surface area contributed by atoms with Gasteiger partial charge in [0.25, 0.3) is 0 Å². The van der Waals surface area contributed by atoms with Gasteiger partial charge in [0, 0.05) is 18.3 Å². The van der Waals surface area contributed by atoms with E-state index in [2.05, 4.69) is 41.8 Å². The molecule has 6 N–H and O–H groups in total. The van der Waals surface area contributed by atoms with Crippen molar-refractivity contribution in [3.8, 4) is 11.5 Å². The van der Waals surface area contributed by atoms with E-state index < -0.39 is 0 Å². The van der Waals surface area contributed by atoms with Crippen LogP contribution >= 0.6 is 0 Å². The van der Waals surface area contributed by atoms with Crippen molar-refractivity contribution in [3.05, 3.63) is 77.9 Å². The molecule has 0 aliphatic carbocycles. The first kappa shape index (κ1) is 21.3. The van der Waals surface area contributed by atoms with Gasteiger partial charge < -0.3 is 31.6 Å². The quantitative estimate of drug-likeness (QED) is 0.398. The zero-order valence-corrected chi connectivity index (χ0v) is 17.7. The van der Waals surface area contributed by atoms with Crippen LogP contribution in [0, 0.1) is 0 Å². The molecule has 6 nitrogen and oxygen atoms in total. The second-order valence-corrected chi connectivity index (χ2v) is 7.26. The van der Waals surface area contributed by atoms with Gasteiger partial charge in [-0.1, -0.05) is 24.3 Å². The molecule has 0 aliphatic heterocycles. The molecule has 0 unspecified atom stereocenters. The number of anilines is 3. The molecule has 0 saturated carbocycles. The SMILES string of the molecule is COc1ccc(CN[C@H](C)[C@@H](Nc2ccc(N)c(N)c2)c2ccc(OC)cc2)cc1. The van der Waals surface area contributed by atoms with Crippen molar-refractivity contribution < 1.29 is 9.47 Å². The molecular formula is C24H30N4O2. The van der Waals surface area contributed by atoms with E-state index in [1.54, 1.807) is 14.2 Å². The molecule has 3 rings (SSSR count). The van der Waals surface area contributed by atoms with Gasteiger partial charge in [0.2, 0.25) is 0 Å². The fourth-order valence-corrected chi connectivity index (χ4v) is 3.29. The van der Waals surface area contributed by atoms with Gasteiger partial charge in [0.05, 0.1) is 31.6 Å². The predicted octanol–water partition coefficient (Wildman–Crippen LogP) is 4.20. The fourth-order valence-electron chi connectivity index (χ4n) is 3.29. The highest BCUT2D eigenvalue weighted by Crippen LogP contribution is 2.28. The van der Waals surface area contributed by atoms with Crippen LogP contribution in [0.1, 0.15) is 24.1 Å². The Bertz CT molecular complexity index is 942. The molecule has 30 heavy (non-hydrogen) atoms. The van der Waals surface area contributed by atoms with Crippen LogP contribution in [0.15, 0.2) is 66.7 Å². The smallest absolute Gasteiger partial charge is 0.118 e. The molecule has 0 aliphatic rings. The Kier molecular flexibility index (Phi) is 7.03. The molecule has 0 heterocycles. The lowest BCUT2D eigenvalue weighted by Gasteiger charge is -2.28. The molecule has 0 bridgehead atoms. The van der Waals surface area contributed by atoms with Gasteiger partial charge in [-0.15, -0.1) is 0 Å². The maximum Gasteiger partial charge on any atom is 0.118 e. The van der Waals surface area contributed by atoms with Crippen LogP contribution in [0.5, 0.6) is 11.5 Å². The van der Waals surface area contributed by atoms with Crippen LogP contribution in [0.25, 0.3) is 0 Å². The predicted molar refractivity (Wildman–Crippen MR) is 124 cm³/mol. The van der Waals surface area contributed by atoms with E-state index in [-0.39, 0.29) is 12.1 Å². The molecule has 2 atom stereocenters. The topological polar surface area (TPSA) is 94.6 Å². The lowest BCUT2D eigenvalue weighted by Crippen LogP contribution is -2.35. The largest absolute Gasteiger partial charge is 0.497 e. The summed E-state index contributed by atoms with van der Waals surface area (Å²) in [5.74, 6) is 1.68. The highest BCUT2D eigenvalue weighted by Gasteiger charge is 2.19. The van der Waals surface area contributed by atoms with Crippen molar-refractivity contribution >= 4 is 17.1 Å².